The van der Waals surface area contributed by atoms with E-state index in [1.807, 2.05) is 116 Å². The maximum absolute atomic E-state index is 14.6. The quantitative estimate of drug-likeness (QED) is 0.0867. The lowest BCUT2D eigenvalue weighted by Crippen LogP contribution is -2.51. The Balaban J connectivity index is 1.29. The molecule has 4 aromatic rings. The first kappa shape index (κ1) is 43.0. The Bertz CT molecular complexity index is 1950. The van der Waals surface area contributed by atoms with Crippen LogP contribution in [0.5, 0.6) is 0 Å². The minimum absolute atomic E-state index is 0.00660. The molecular formula is C46H54N4O8. The number of carbonyl (C=O) groups is 5. The van der Waals surface area contributed by atoms with Gasteiger partial charge in [0.2, 0.25) is 5.91 Å². The third-order valence-electron chi connectivity index (χ3n) is 9.85. The van der Waals surface area contributed by atoms with Crippen LogP contribution in [0.3, 0.4) is 0 Å². The van der Waals surface area contributed by atoms with Crippen molar-refractivity contribution in [1.82, 2.24) is 20.9 Å². The zero-order chi connectivity index (χ0) is 41.5. The largest absolute Gasteiger partial charge is 0.449 e. The first-order valence-electron chi connectivity index (χ1n) is 19.8. The van der Waals surface area contributed by atoms with E-state index in [4.69, 9.17) is 14.2 Å². The molecule has 4 aromatic carbocycles. The molecule has 0 aromatic heterocycles. The van der Waals surface area contributed by atoms with Crippen molar-refractivity contribution >= 4 is 30.0 Å². The number of hydrogen-bond donors (Lipinski definition) is 3. The molecule has 12 heteroatoms. The number of alkyl carbamates (subject to hydrolysis) is 3. The van der Waals surface area contributed by atoms with E-state index in [0.717, 1.165) is 33.4 Å². The zero-order valence-corrected chi connectivity index (χ0v) is 33.7. The Morgan fingerprint density at radius 1 is 0.724 bits per heavy atom. The molecule has 2 atom stereocenters. The van der Waals surface area contributed by atoms with Crippen LogP contribution in [0.15, 0.2) is 109 Å². The fourth-order valence-corrected chi connectivity index (χ4v) is 6.94. The lowest BCUT2D eigenvalue weighted by atomic mass is 9.95. The molecule has 0 spiro atoms. The number of nitrogens with one attached hydrogen (secondary N) is 3. The molecule has 0 fully saturated rings. The molecule has 0 saturated heterocycles. The van der Waals surface area contributed by atoms with Crippen molar-refractivity contribution in [3.8, 4) is 11.1 Å². The normalized spacial score (nSPS) is 12.9. The molecule has 306 valence electrons. The summed E-state index contributed by atoms with van der Waals surface area (Å²) in [6.07, 6.45) is -1.53. The third-order valence-corrected chi connectivity index (χ3v) is 9.85. The summed E-state index contributed by atoms with van der Waals surface area (Å²) < 4.78 is 16.5. The highest BCUT2D eigenvalue weighted by atomic mass is 16.6. The number of rotatable bonds is 18. The molecule has 1 aliphatic carbocycles. The molecule has 0 aliphatic heterocycles. The number of Topliss-reactive ketones (excluding diaryl/α,β-unsaturated/α-hetero) is 1. The van der Waals surface area contributed by atoms with E-state index in [-0.39, 0.29) is 69.9 Å². The van der Waals surface area contributed by atoms with Crippen LogP contribution < -0.4 is 16.0 Å². The van der Waals surface area contributed by atoms with Gasteiger partial charge < -0.3 is 35.1 Å². The van der Waals surface area contributed by atoms with E-state index in [0.29, 0.717) is 6.42 Å². The number of amides is 4. The topological polar surface area (TPSA) is 152 Å². The minimum Gasteiger partial charge on any atom is -0.449 e. The average Bonchev–Trinajstić information content (AvgIpc) is 3.54. The number of ketones is 1. The van der Waals surface area contributed by atoms with Crippen molar-refractivity contribution in [1.29, 1.82) is 0 Å². The van der Waals surface area contributed by atoms with Crippen molar-refractivity contribution in [2.75, 3.05) is 32.8 Å². The number of fused-ring (bicyclic) bond motifs is 3. The van der Waals surface area contributed by atoms with Gasteiger partial charge in [0, 0.05) is 37.9 Å². The van der Waals surface area contributed by atoms with Crippen molar-refractivity contribution in [3.05, 3.63) is 131 Å². The van der Waals surface area contributed by atoms with Crippen LogP contribution in [0.25, 0.3) is 11.1 Å². The van der Waals surface area contributed by atoms with Gasteiger partial charge in [-0.1, -0.05) is 116 Å². The summed E-state index contributed by atoms with van der Waals surface area (Å²) in [6.45, 7) is 7.35. The molecule has 1 aliphatic rings. The number of carbonyl (C=O) groups excluding carboxylic acids is 5. The van der Waals surface area contributed by atoms with Crippen LogP contribution >= 0.6 is 0 Å². The highest BCUT2D eigenvalue weighted by molar-refractivity contribution is 5.88. The van der Waals surface area contributed by atoms with E-state index in [2.05, 4.69) is 16.0 Å². The summed E-state index contributed by atoms with van der Waals surface area (Å²) in [4.78, 5) is 67.7. The maximum atomic E-state index is 14.6. The average molecular weight is 791 g/mol. The van der Waals surface area contributed by atoms with Gasteiger partial charge in [-0.25, -0.2) is 14.4 Å². The standard InChI is InChI=1S/C46H54N4O8/c1-5-33(34-18-10-7-11-19-34)29-50(27-25-35(51)28-48-43(53)56-30-32-16-8-6-9-17-32)42(52)41(24-26-47-44(54)58-46(2,3)4)49-45(55)57-31-40-38-22-14-12-20-36(38)37-21-13-15-23-39(37)40/h6-23,33,40-41H,5,24-31H2,1-4H3,(H,47,54)(H,48,53)(H,49,55). The number of hydrogen-bond acceptors (Lipinski definition) is 8. The molecule has 0 saturated carbocycles. The summed E-state index contributed by atoms with van der Waals surface area (Å²) in [6, 6.07) is 33.8. The first-order chi connectivity index (χ1) is 27.9. The molecule has 0 heterocycles. The second kappa shape index (κ2) is 20.8. The van der Waals surface area contributed by atoms with Gasteiger partial charge in [-0.2, -0.15) is 0 Å². The summed E-state index contributed by atoms with van der Waals surface area (Å²) >= 11 is 0. The highest BCUT2D eigenvalue weighted by Gasteiger charge is 2.32. The van der Waals surface area contributed by atoms with E-state index >= 15 is 0 Å². The van der Waals surface area contributed by atoms with Gasteiger partial charge in [-0.15, -0.1) is 0 Å². The van der Waals surface area contributed by atoms with Crippen LogP contribution in [0.1, 0.15) is 81.0 Å². The molecule has 0 bridgehead atoms. The summed E-state index contributed by atoms with van der Waals surface area (Å²) in [5.41, 5.74) is 5.36. The fraction of sp³-hybridized carbons (Fsp3) is 0.370. The van der Waals surface area contributed by atoms with Gasteiger partial charge in [-0.05, 0) is 67.0 Å². The van der Waals surface area contributed by atoms with Crippen LogP contribution in [0.4, 0.5) is 14.4 Å². The van der Waals surface area contributed by atoms with Crippen molar-refractivity contribution in [2.24, 2.45) is 0 Å². The molecule has 4 amide bonds. The smallest absolute Gasteiger partial charge is 0.407 e. The van der Waals surface area contributed by atoms with Crippen LogP contribution in [-0.2, 0) is 30.4 Å². The highest BCUT2D eigenvalue weighted by Crippen LogP contribution is 2.44. The SMILES string of the molecule is CCC(CN(CCC(=O)CNC(=O)OCc1ccccc1)C(=O)C(CCNC(=O)OC(C)(C)C)NC(=O)OCC1c2ccccc2-c2ccccc21)c1ccccc1. The summed E-state index contributed by atoms with van der Waals surface area (Å²) in [5.74, 6) is -1.03. The maximum Gasteiger partial charge on any atom is 0.407 e. The van der Waals surface area contributed by atoms with E-state index in [1.54, 1.807) is 25.7 Å². The Hall–Kier alpha value is -6.17. The minimum atomic E-state index is -1.12. The van der Waals surface area contributed by atoms with Crippen molar-refractivity contribution in [3.63, 3.8) is 0 Å². The fourth-order valence-electron chi connectivity index (χ4n) is 6.94. The van der Waals surface area contributed by atoms with Gasteiger partial charge >= 0.3 is 18.3 Å². The number of benzene rings is 4. The molecule has 5 rings (SSSR count). The van der Waals surface area contributed by atoms with E-state index in [9.17, 15) is 24.0 Å². The predicted molar refractivity (Wildman–Crippen MR) is 221 cm³/mol. The lowest BCUT2D eigenvalue weighted by Gasteiger charge is -2.31. The van der Waals surface area contributed by atoms with Gasteiger partial charge in [0.15, 0.2) is 5.78 Å². The van der Waals surface area contributed by atoms with Crippen molar-refractivity contribution in [2.45, 2.75) is 77.0 Å². The Labute approximate surface area is 340 Å². The molecular weight excluding hydrogens is 737 g/mol. The summed E-state index contributed by atoms with van der Waals surface area (Å²) in [5, 5.41) is 7.95. The second-order valence-electron chi connectivity index (χ2n) is 15.2. The lowest BCUT2D eigenvalue weighted by molar-refractivity contribution is -0.134. The zero-order valence-electron chi connectivity index (χ0n) is 33.7. The molecule has 3 N–H and O–H groups in total. The van der Waals surface area contributed by atoms with Crippen LogP contribution in [0.2, 0.25) is 0 Å². The monoisotopic (exact) mass is 790 g/mol. The molecule has 2 unspecified atom stereocenters. The van der Waals surface area contributed by atoms with Gasteiger partial charge in [-0.3, -0.25) is 9.59 Å². The molecule has 58 heavy (non-hydrogen) atoms. The molecule has 0 radical (unpaired) electrons. The number of ether oxygens (including phenoxy) is 3. The van der Waals surface area contributed by atoms with Crippen molar-refractivity contribution < 1.29 is 38.2 Å². The molecule has 12 nitrogen and oxygen atoms in total. The van der Waals surface area contributed by atoms with Crippen LogP contribution in [0, 0.1) is 0 Å². The van der Waals surface area contributed by atoms with E-state index in [1.165, 1.54) is 0 Å². The first-order valence-corrected chi connectivity index (χ1v) is 19.8. The Morgan fingerprint density at radius 2 is 1.33 bits per heavy atom. The third kappa shape index (κ3) is 12.7. The predicted octanol–water partition coefficient (Wildman–Crippen LogP) is 7.72. The van der Waals surface area contributed by atoms with Gasteiger partial charge in [0.1, 0.15) is 24.9 Å². The number of nitrogens with zero attached hydrogens (tertiary/aromatic N) is 1. The van der Waals surface area contributed by atoms with Crippen LogP contribution in [-0.4, -0.2) is 79.3 Å². The van der Waals surface area contributed by atoms with E-state index < -0.39 is 35.8 Å². The Morgan fingerprint density at radius 3 is 1.95 bits per heavy atom. The second-order valence-corrected chi connectivity index (χ2v) is 15.2. The van der Waals surface area contributed by atoms with Gasteiger partial charge in [0.25, 0.3) is 0 Å². The summed E-state index contributed by atoms with van der Waals surface area (Å²) in [7, 11) is 0. The van der Waals surface area contributed by atoms with Gasteiger partial charge in [0.05, 0.1) is 6.54 Å². The Kier molecular flexibility index (Phi) is 15.4.